The van der Waals surface area contributed by atoms with Gasteiger partial charge in [0.25, 0.3) is 0 Å². The lowest BCUT2D eigenvalue weighted by atomic mass is 9.50. The van der Waals surface area contributed by atoms with Gasteiger partial charge in [-0.25, -0.2) is 0 Å². The number of carbonyl (C=O) groups is 2. The maximum Gasteiger partial charge on any atom is 0.304 e. The molecule has 3 saturated carbocycles. The lowest BCUT2D eigenvalue weighted by Gasteiger charge is -2.55. The molecule has 3 fully saturated rings. The fourth-order valence-corrected chi connectivity index (χ4v) is 6.86. The van der Waals surface area contributed by atoms with E-state index in [1.54, 1.807) is 0 Å². The highest BCUT2D eigenvalue weighted by atomic mass is 16.6. The van der Waals surface area contributed by atoms with E-state index in [9.17, 15) is 9.59 Å². The van der Waals surface area contributed by atoms with Crippen molar-refractivity contribution in [2.45, 2.75) is 70.8 Å². The third kappa shape index (κ3) is 2.33. The van der Waals surface area contributed by atoms with Gasteiger partial charge in [0.05, 0.1) is 0 Å². The number of hydrogen-bond donors (Lipinski definition) is 0. The van der Waals surface area contributed by atoms with E-state index in [2.05, 4.69) is 12.8 Å². The van der Waals surface area contributed by atoms with Crippen LogP contribution in [-0.2, 0) is 14.3 Å². The summed E-state index contributed by atoms with van der Waals surface area (Å²) in [5, 5.41) is 0. The van der Waals surface area contributed by atoms with Crippen LogP contribution in [0.3, 0.4) is 0 Å². The summed E-state index contributed by atoms with van der Waals surface area (Å²) in [6, 6.07) is 0. The number of terminal acetylenes is 1. The summed E-state index contributed by atoms with van der Waals surface area (Å²) < 4.78 is 5.79. The Morgan fingerprint density at radius 1 is 1.20 bits per heavy atom. The molecule has 0 aliphatic heterocycles. The molecule has 0 spiro atoms. The molecule has 6 atom stereocenters. The third-order valence-electron chi connectivity index (χ3n) is 7.97. The van der Waals surface area contributed by atoms with Crippen LogP contribution in [0.2, 0.25) is 0 Å². The fourth-order valence-electron chi connectivity index (χ4n) is 6.86. The Balaban J connectivity index is 1.64. The minimum absolute atomic E-state index is 0.111. The van der Waals surface area contributed by atoms with E-state index in [-0.39, 0.29) is 11.4 Å². The Kier molecular flexibility index (Phi) is 3.87. The second-order valence-corrected chi connectivity index (χ2v) is 8.86. The summed E-state index contributed by atoms with van der Waals surface area (Å²) in [6.07, 6.45) is 15.8. The van der Waals surface area contributed by atoms with Crippen molar-refractivity contribution < 1.29 is 14.3 Å². The first-order chi connectivity index (χ1) is 11.9. The van der Waals surface area contributed by atoms with E-state index < -0.39 is 5.60 Å². The number of allylic oxidation sites excluding steroid dienone is 1. The monoisotopic (exact) mass is 340 g/mol. The molecule has 0 aromatic rings. The average molecular weight is 340 g/mol. The molecule has 4 aliphatic rings. The van der Waals surface area contributed by atoms with Crippen molar-refractivity contribution in [2.24, 2.45) is 29.1 Å². The van der Waals surface area contributed by atoms with E-state index in [1.165, 1.54) is 12.5 Å². The minimum atomic E-state index is -0.729. The van der Waals surface area contributed by atoms with Crippen molar-refractivity contribution in [3.63, 3.8) is 0 Å². The summed E-state index contributed by atoms with van der Waals surface area (Å²) >= 11 is 0. The molecule has 3 heteroatoms. The van der Waals surface area contributed by atoms with E-state index in [0.717, 1.165) is 44.9 Å². The van der Waals surface area contributed by atoms with E-state index in [1.807, 2.05) is 6.08 Å². The van der Waals surface area contributed by atoms with Crippen LogP contribution in [0.15, 0.2) is 11.6 Å². The van der Waals surface area contributed by atoms with Crippen LogP contribution in [0, 0.1) is 41.4 Å². The van der Waals surface area contributed by atoms with Crippen LogP contribution in [0.25, 0.3) is 0 Å². The molecule has 0 N–H and O–H groups in total. The summed E-state index contributed by atoms with van der Waals surface area (Å²) in [7, 11) is 0. The number of esters is 1. The molecule has 4 rings (SSSR count). The molecule has 25 heavy (non-hydrogen) atoms. The molecule has 0 amide bonds. The standard InChI is InChI=1S/C22H28O3/c1-4-22(25-14(2)23)12-10-20-19-7-5-15-13-16(24)6-8-17(15)18(19)9-11-21(20,22)3/h1,13,17-20H,5-12H2,2-3H3/t17-,18+,19+,20+,21-,22-/m0/s1. The first kappa shape index (κ1) is 16.9. The van der Waals surface area contributed by atoms with Gasteiger partial charge < -0.3 is 4.74 Å². The van der Waals surface area contributed by atoms with Crippen molar-refractivity contribution >= 4 is 11.8 Å². The zero-order valence-corrected chi connectivity index (χ0v) is 15.3. The molecule has 0 radical (unpaired) electrons. The Hall–Kier alpha value is -1.56. The number of fused-ring (bicyclic) bond motifs is 5. The van der Waals surface area contributed by atoms with Gasteiger partial charge in [-0.05, 0) is 74.7 Å². The van der Waals surface area contributed by atoms with Crippen molar-refractivity contribution in [3.05, 3.63) is 11.6 Å². The van der Waals surface area contributed by atoms with Crippen LogP contribution in [-0.4, -0.2) is 17.4 Å². The van der Waals surface area contributed by atoms with Gasteiger partial charge in [-0.3, -0.25) is 9.59 Å². The predicted octanol–water partition coefficient (Wildman–Crippen LogP) is 4.06. The second-order valence-electron chi connectivity index (χ2n) is 8.86. The Morgan fingerprint density at radius 3 is 2.72 bits per heavy atom. The molecule has 0 unspecified atom stereocenters. The molecular formula is C22H28O3. The van der Waals surface area contributed by atoms with Crippen molar-refractivity contribution in [3.8, 4) is 12.3 Å². The van der Waals surface area contributed by atoms with Crippen molar-refractivity contribution in [1.29, 1.82) is 0 Å². The quantitative estimate of drug-likeness (QED) is 0.534. The van der Waals surface area contributed by atoms with E-state index in [4.69, 9.17) is 11.2 Å². The van der Waals surface area contributed by atoms with Gasteiger partial charge in [-0.15, -0.1) is 6.42 Å². The zero-order chi connectivity index (χ0) is 17.8. The van der Waals surface area contributed by atoms with Gasteiger partial charge >= 0.3 is 5.97 Å². The largest absolute Gasteiger partial charge is 0.445 e. The van der Waals surface area contributed by atoms with Gasteiger partial charge in [0.2, 0.25) is 0 Å². The van der Waals surface area contributed by atoms with Gasteiger partial charge in [-0.1, -0.05) is 18.4 Å². The molecule has 0 saturated heterocycles. The first-order valence-electron chi connectivity index (χ1n) is 9.81. The number of carbonyl (C=O) groups excluding carboxylic acids is 2. The maximum atomic E-state index is 11.8. The number of ketones is 1. The lowest BCUT2D eigenvalue weighted by Crippen LogP contribution is -2.53. The SMILES string of the molecule is C#C[C@]1(OC(C)=O)CC[C@@H]2[C@@H]3CCC4=CC(=O)CC[C@@H]4[C@H]3CC[C@@]21C. The second kappa shape index (κ2) is 5.73. The zero-order valence-electron chi connectivity index (χ0n) is 15.3. The molecule has 0 aromatic heterocycles. The lowest BCUT2D eigenvalue weighted by molar-refractivity contribution is -0.167. The topological polar surface area (TPSA) is 43.4 Å². The van der Waals surface area contributed by atoms with Gasteiger partial charge in [0.15, 0.2) is 11.4 Å². The van der Waals surface area contributed by atoms with E-state index in [0.29, 0.717) is 35.9 Å². The maximum absolute atomic E-state index is 11.8. The highest BCUT2D eigenvalue weighted by Gasteiger charge is 2.64. The highest BCUT2D eigenvalue weighted by molar-refractivity contribution is 5.91. The smallest absolute Gasteiger partial charge is 0.304 e. The van der Waals surface area contributed by atoms with Crippen molar-refractivity contribution in [2.75, 3.05) is 0 Å². The van der Waals surface area contributed by atoms with E-state index >= 15 is 0 Å². The van der Waals surface area contributed by atoms with Crippen LogP contribution in [0.5, 0.6) is 0 Å². The molecule has 3 nitrogen and oxygen atoms in total. The Bertz CT molecular complexity index is 684. The number of ether oxygens (including phenoxy) is 1. The normalized spacial score (nSPS) is 45.5. The Labute approximate surface area is 150 Å². The fraction of sp³-hybridized carbons (Fsp3) is 0.727. The molecule has 0 aromatic carbocycles. The summed E-state index contributed by atoms with van der Waals surface area (Å²) in [5.41, 5.74) is 0.565. The van der Waals surface area contributed by atoms with Crippen LogP contribution in [0.4, 0.5) is 0 Å². The average Bonchev–Trinajstić information content (AvgIpc) is 2.87. The van der Waals surface area contributed by atoms with Crippen LogP contribution < -0.4 is 0 Å². The van der Waals surface area contributed by atoms with Crippen molar-refractivity contribution in [1.82, 2.24) is 0 Å². The Morgan fingerprint density at radius 2 is 2.00 bits per heavy atom. The highest BCUT2D eigenvalue weighted by Crippen LogP contribution is 2.65. The molecule has 0 bridgehead atoms. The van der Waals surface area contributed by atoms with Gasteiger partial charge in [-0.2, -0.15) is 0 Å². The first-order valence-corrected chi connectivity index (χ1v) is 9.81. The molecule has 134 valence electrons. The summed E-state index contributed by atoms with van der Waals surface area (Å²) in [5.74, 6) is 5.41. The van der Waals surface area contributed by atoms with Crippen LogP contribution in [0.1, 0.15) is 65.2 Å². The number of hydrogen-bond acceptors (Lipinski definition) is 3. The molecule has 0 heterocycles. The minimum Gasteiger partial charge on any atom is -0.445 e. The third-order valence-corrected chi connectivity index (χ3v) is 7.97. The van der Waals surface area contributed by atoms with Crippen LogP contribution >= 0.6 is 0 Å². The van der Waals surface area contributed by atoms with Gasteiger partial charge in [0.1, 0.15) is 0 Å². The summed E-state index contributed by atoms with van der Waals surface area (Å²) in [4.78, 5) is 23.5. The number of rotatable bonds is 1. The summed E-state index contributed by atoms with van der Waals surface area (Å²) in [6.45, 7) is 3.73. The van der Waals surface area contributed by atoms with Gasteiger partial charge in [0, 0.05) is 18.8 Å². The predicted molar refractivity (Wildman–Crippen MR) is 95.4 cm³/mol. The molecule has 4 aliphatic carbocycles. The molecular weight excluding hydrogens is 312 g/mol.